The number of aromatic nitrogens is 7. The molecule has 0 saturated heterocycles. The zero-order valence-electron chi connectivity index (χ0n) is 20.5. The van der Waals surface area contributed by atoms with Crippen LogP contribution in [0.3, 0.4) is 0 Å². The van der Waals surface area contributed by atoms with E-state index in [1.165, 1.54) is 14.2 Å². The fourth-order valence-corrected chi connectivity index (χ4v) is 5.36. The highest BCUT2D eigenvalue weighted by Crippen LogP contribution is 2.37. The first-order chi connectivity index (χ1) is 17.2. The van der Waals surface area contributed by atoms with Gasteiger partial charge in [0.05, 0.1) is 43.6 Å². The molecule has 0 aliphatic heterocycles. The van der Waals surface area contributed by atoms with Crippen LogP contribution < -0.4 is 9.47 Å². The minimum atomic E-state index is -3.80. The van der Waals surface area contributed by atoms with Crippen molar-refractivity contribution in [3.05, 3.63) is 60.5 Å². The Morgan fingerprint density at radius 3 is 2.22 bits per heavy atom. The number of nitrogens with zero attached hydrogens (tertiary/aromatic N) is 7. The van der Waals surface area contributed by atoms with Gasteiger partial charge in [0.1, 0.15) is 28.8 Å². The van der Waals surface area contributed by atoms with Gasteiger partial charge in [0.25, 0.3) is 0 Å². The van der Waals surface area contributed by atoms with Crippen molar-refractivity contribution >= 4 is 9.84 Å². The summed E-state index contributed by atoms with van der Waals surface area (Å²) >= 11 is 0. The standard InChI is InChI=1S/C23H26FN7O4S/c1-14(22-25-10-17(24)11-26-22)15(2)36(32,33)13-20-28-29-23(16-9-27-30(3)12-16)31(20)21-18(34-4)7-6-8-19(21)35-5/h6-12,14-15H,13H2,1-5H3/t14-,15-/m0/s1. The van der Waals surface area contributed by atoms with E-state index in [0.29, 0.717) is 28.6 Å². The van der Waals surface area contributed by atoms with Crippen LogP contribution in [-0.2, 0) is 22.6 Å². The van der Waals surface area contributed by atoms with Crippen molar-refractivity contribution in [2.75, 3.05) is 14.2 Å². The average molecular weight is 516 g/mol. The molecular weight excluding hydrogens is 489 g/mol. The van der Waals surface area contributed by atoms with E-state index < -0.39 is 32.6 Å². The Balaban J connectivity index is 1.81. The second-order valence-corrected chi connectivity index (χ2v) is 10.6. The van der Waals surface area contributed by atoms with Gasteiger partial charge in [0, 0.05) is 19.2 Å². The predicted octanol–water partition coefficient (Wildman–Crippen LogP) is 2.72. The Bertz CT molecular complexity index is 1450. The Hall–Kier alpha value is -3.87. The van der Waals surface area contributed by atoms with Crippen LogP contribution in [0, 0.1) is 5.82 Å². The molecule has 0 spiro atoms. The summed E-state index contributed by atoms with van der Waals surface area (Å²) in [6.45, 7) is 3.25. The van der Waals surface area contributed by atoms with Gasteiger partial charge in [-0.2, -0.15) is 5.10 Å². The zero-order chi connectivity index (χ0) is 26.0. The third-order valence-corrected chi connectivity index (χ3v) is 8.17. The number of rotatable bonds is 9. The molecule has 0 aliphatic carbocycles. The SMILES string of the molecule is COc1cccc(OC)c1-n1c(CS(=O)(=O)[C@@H](C)[C@H](C)c2ncc(F)cn2)nnc1-c1cnn(C)c1. The molecule has 2 atom stereocenters. The van der Waals surface area contributed by atoms with Crippen molar-refractivity contribution in [3.63, 3.8) is 0 Å². The Labute approximate surface area is 207 Å². The largest absolute Gasteiger partial charge is 0.494 e. The Morgan fingerprint density at radius 1 is 1.03 bits per heavy atom. The van der Waals surface area contributed by atoms with E-state index in [2.05, 4.69) is 25.3 Å². The predicted molar refractivity (Wildman–Crippen MR) is 129 cm³/mol. The monoisotopic (exact) mass is 515 g/mol. The van der Waals surface area contributed by atoms with Crippen molar-refractivity contribution in [1.29, 1.82) is 0 Å². The van der Waals surface area contributed by atoms with Gasteiger partial charge in [0.2, 0.25) is 0 Å². The van der Waals surface area contributed by atoms with Gasteiger partial charge < -0.3 is 9.47 Å². The Morgan fingerprint density at radius 2 is 1.67 bits per heavy atom. The average Bonchev–Trinajstić information content (AvgIpc) is 3.48. The van der Waals surface area contributed by atoms with Gasteiger partial charge in [-0.3, -0.25) is 9.25 Å². The van der Waals surface area contributed by atoms with Crippen LogP contribution in [0.15, 0.2) is 43.0 Å². The molecular formula is C23H26FN7O4S. The van der Waals surface area contributed by atoms with Crippen LogP contribution in [0.5, 0.6) is 11.5 Å². The normalized spacial score (nSPS) is 13.4. The van der Waals surface area contributed by atoms with Crippen LogP contribution in [0.4, 0.5) is 4.39 Å². The maximum atomic E-state index is 13.5. The first-order valence-corrected chi connectivity index (χ1v) is 12.7. The lowest BCUT2D eigenvalue weighted by molar-refractivity contribution is 0.390. The number of sulfone groups is 1. The maximum absolute atomic E-state index is 13.5. The zero-order valence-corrected chi connectivity index (χ0v) is 21.3. The molecule has 0 fully saturated rings. The summed E-state index contributed by atoms with van der Waals surface area (Å²) in [6, 6.07) is 5.23. The molecule has 13 heteroatoms. The molecule has 0 saturated carbocycles. The summed E-state index contributed by atoms with van der Waals surface area (Å²) in [6.07, 6.45) is 5.39. The van der Waals surface area contributed by atoms with Crippen molar-refractivity contribution in [3.8, 4) is 28.6 Å². The molecule has 0 N–H and O–H groups in total. The van der Waals surface area contributed by atoms with Crippen LogP contribution in [0.25, 0.3) is 17.1 Å². The van der Waals surface area contributed by atoms with Crippen molar-refractivity contribution in [1.82, 2.24) is 34.5 Å². The third kappa shape index (κ3) is 4.78. The van der Waals surface area contributed by atoms with Gasteiger partial charge in [-0.25, -0.2) is 22.8 Å². The lowest BCUT2D eigenvalue weighted by Gasteiger charge is -2.20. The highest BCUT2D eigenvalue weighted by Gasteiger charge is 2.33. The Kier molecular flexibility index (Phi) is 7.02. The smallest absolute Gasteiger partial charge is 0.172 e. The van der Waals surface area contributed by atoms with Crippen molar-refractivity contribution < 1.29 is 22.3 Å². The van der Waals surface area contributed by atoms with E-state index in [4.69, 9.17) is 9.47 Å². The first-order valence-electron chi connectivity index (χ1n) is 11.0. The molecule has 1 aromatic carbocycles. The van der Waals surface area contributed by atoms with Crippen molar-refractivity contribution in [2.24, 2.45) is 7.05 Å². The molecule has 190 valence electrons. The van der Waals surface area contributed by atoms with Gasteiger partial charge in [-0.05, 0) is 19.1 Å². The van der Waals surface area contributed by atoms with E-state index in [0.717, 1.165) is 12.4 Å². The molecule has 3 aromatic heterocycles. The molecule has 0 aliphatic rings. The molecule has 4 aromatic rings. The van der Waals surface area contributed by atoms with E-state index >= 15 is 0 Å². The van der Waals surface area contributed by atoms with E-state index in [1.54, 1.807) is 60.7 Å². The lowest BCUT2D eigenvalue weighted by atomic mass is 10.1. The molecule has 4 rings (SSSR count). The summed E-state index contributed by atoms with van der Waals surface area (Å²) < 4.78 is 54.7. The summed E-state index contributed by atoms with van der Waals surface area (Å²) in [7, 11) is 0.978. The summed E-state index contributed by atoms with van der Waals surface area (Å²) in [5.74, 6) is 0.0338. The van der Waals surface area contributed by atoms with Gasteiger partial charge in [0.15, 0.2) is 27.3 Å². The van der Waals surface area contributed by atoms with Crippen LogP contribution >= 0.6 is 0 Å². The molecule has 0 amide bonds. The quantitative estimate of drug-likeness (QED) is 0.331. The van der Waals surface area contributed by atoms with Crippen LogP contribution in [0.2, 0.25) is 0 Å². The molecule has 3 heterocycles. The summed E-state index contributed by atoms with van der Waals surface area (Å²) in [4.78, 5) is 7.90. The fraction of sp³-hybridized carbons (Fsp3) is 0.348. The number of hydrogen-bond donors (Lipinski definition) is 0. The van der Waals surface area contributed by atoms with Crippen LogP contribution in [-0.4, -0.2) is 62.4 Å². The van der Waals surface area contributed by atoms with E-state index in [9.17, 15) is 12.8 Å². The number of para-hydroxylation sites is 1. The summed E-state index contributed by atoms with van der Waals surface area (Å²) in [5.41, 5.74) is 1.09. The number of methoxy groups -OCH3 is 2. The van der Waals surface area contributed by atoms with Gasteiger partial charge >= 0.3 is 0 Å². The van der Waals surface area contributed by atoms with E-state index in [1.807, 2.05) is 0 Å². The number of ether oxygens (including phenoxy) is 2. The first kappa shape index (κ1) is 25.2. The second kappa shape index (κ2) is 10.0. The second-order valence-electron chi connectivity index (χ2n) is 8.25. The molecule has 36 heavy (non-hydrogen) atoms. The van der Waals surface area contributed by atoms with Crippen LogP contribution in [0.1, 0.15) is 31.4 Å². The van der Waals surface area contributed by atoms with Crippen molar-refractivity contribution in [2.45, 2.75) is 30.8 Å². The molecule has 0 bridgehead atoms. The third-order valence-electron chi connectivity index (χ3n) is 5.97. The lowest BCUT2D eigenvalue weighted by Crippen LogP contribution is -2.27. The number of hydrogen-bond acceptors (Lipinski definition) is 9. The summed E-state index contributed by atoms with van der Waals surface area (Å²) in [5, 5.41) is 11.9. The molecule has 0 radical (unpaired) electrons. The highest BCUT2D eigenvalue weighted by atomic mass is 32.2. The minimum Gasteiger partial charge on any atom is -0.494 e. The van der Waals surface area contributed by atoms with Gasteiger partial charge in [-0.15, -0.1) is 10.2 Å². The topological polar surface area (TPSA) is 127 Å². The number of benzene rings is 1. The minimum absolute atomic E-state index is 0.163. The van der Waals surface area contributed by atoms with E-state index in [-0.39, 0.29) is 11.6 Å². The number of halogens is 1. The highest BCUT2D eigenvalue weighted by molar-refractivity contribution is 7.91. The van der Waals surface area contributed by atoms with Gasteiger partial charge in [-0.1, -0.05) is 13.0 Å². The number of aryl methyl sites for hydroxylation is 1. The molecule has 0 unspecified atom stereocenters. The maximum Gasteiger partial charge on any atom is 0.172 e. The fourth-order valence-electron chi connectivity index (χ4n) is 3.81. The molecule has 11 nitrogen and oxygen atoms in total.